The smallest absolute Gasteiger partial charge is 0.361 e. The van der Waals surface area contributed by atoms with E-state index < -0.39 is 23.6 Å². The highest BCUT2D eigenvalue weighted by Crippen LogP contribution is 2.29. The van der Waals surface area contributed by atoms with E-state index in [1.54, 1.807) is 36.5 Å². The number of aromatic nitrogens is 1. The van der Waals surface area contributed by atoms with Crippen molar-refractivity contribution in [3.05, 3.63) is 113 Å². The van der Waals surface area contributed by atoms with Gasteiger partial charge in [-0.25, -0.2) is 0 Å². The van der Waals surface area contributed by atoms with Crippen LogP contribution in [0.2, 0.25) is 0 Å². The summed E-state index contributed by atoms with van der Waals surface area (Å²) in [7, 11) is 0. The van der Waals surface area contributed by atoms with Crippen LogP contribution in [0.4, 0.5) is 13.2 Å². The molecule has 0 aliphatic carbocycles. The first kappa shape index (κ1) is 22.8. The Labute approximate surface area is 193 Å². The summed E-state index contributed by atoms with van der Waals surface area (Å²) in [5, 5.41) is 6.07. The molecule has 0 bridgehead atoms. The average Bonchev–Trinajstić information content (AvgIpc) is 3.25. The highest BCUT2D eigenvalue weighted by molar-refractivity contribution is 6.06. The van der Waals surface area contributed by atoms with Crippen molar-refractivity contribution in [3.8, 4) is 0 Å². The van der Waals surface area contributed by atoms with E-state index in [-0.39, 0.29) is 17.8 Å². The van der Waals surface area contributed by atoms with Crippen LogP contribution in [0.25, 0.3) is 17.0 Å². The number of alkyl halides is 3. The molecule has 0 unspecified atom stereocenters. The fourth-order valence-electron chi connectivity index (χ4n) is 3.45. The molecule has 0 saturated heterocycles. The van der Waals surface area contributed by atoms with Crippen molar-refractivity contribution in [2.24, 2.45) is 0 Å². The Bertz CT molecular complexity index is 1360. The Morgan fingerprint density at radius 3 is 2.41 bits per heavy atom. The van der Waals surface area contributed by atoms with E-state index in [9.17, 15) is 22.8 Å². The number of hydrogen-bond acceptors (Lipinski definition) is 2. The van der Waals surface area contributed by atoms with E-state index in [1.807, 2.05) is 24.3 Å². The number of rotatable bonds is 6. The van der Waals surface area contributed by atoms with E-state index >= 15 is 0 Å². The molecular formula is C26H20F3N3O2. The van der Waals surface area contributed by atoms with E-state index in [0.29, 0.717) is 11.1 Å². The van der Waals surface area contributed by atoms with Gasteiger partial charge in [0.2, 0.25) is 0 Å². The molecule has 3 N–H and O–H groups in total. The van der Waals surface area contributed by atoms with Crippen LogP contribution in [0.1, 0.15) is 27.0 Å². The molecule has 5 nitrogen and oxygen atoms in total. The van der Waals surface area contributed by atoms with Crippen LogP contribution in [0.15, 0.2) is 90.8 Å². The van der Waals surface area contributed by atoms with Gasteiger partial charge < -0.3 is 15.6 Å². The maximum atomic E-state index is 13.0. The molecule has 0 fully saturated rings. The second-order valence-corrected chi connectivity index (χ2v) is 7.55. The summed E-state index contributed by atoms with van der Waals surface area (Å²) in [6.45, 7) is -0.144. The zero-order valence-corrected chi connectivity index (χ0v) is 17.8. The molecule has 0 spiro atoms. The third-order valence-electron chi connectivity index (χ3n) is 5.16. The molecule has 4 rings (SSSR count). The number of carbonyl (C=O) groups excluding carboxylic acids is 2. The number of halogens is 3. The summed E-state index contributed by atoms with van der Waals surface area (Å²) in [4.78, 5) is 28.8. The van der Waals surface area contributed by atoms with Crippen LogP contribution < -0.4 is 10.6 Å². The third kappa shape index (κ3) is 5.35. The quantitative estimate of drug-likeness (QED) is 0.341. The van der Waals surface area contributed by atoms with Gasteiger partial charge in [-0.05, 0) is 42.0 Å². The molecule has 4 aromatic rings. The predicted octanol–water partition coefficient (Wildman–Crippen LogP) is 5.27. The van der Waals surface area contributed by atoms with Crippen molar-refractivity contribution in [2.45, 2.75) is 12.7 Å². The summed E-state index contributed by atoms with van der Waals surface area (Å²) in [6.07, 6.45) is -1.25. The topological polar surface area (TPSA) is 74.0 Å². The van der Waals surface area contributed by atoms with E-state index in [4.69, 9.17) is 0 Å². The SMILES string of the molecule is O=C(NCc1cccc(C(F)(F)F)c1)/C(=C/c1c[nH]c2ccccc12)NC(=O)c1ccccc1. The van der Waals surface area contributed by atoms with Crippen molar-refractivity contribution >= 4 is 28.8 Å². The lowest BCUT2D eigenvalue weighted by atomic mass is 10.1. The Hall–Kier alpha value is -4.33. The van der Waals surface area contributed by atoms with Crippen LogP contribution in [0.5, 0.6) is 0 Å². The van der Waals surface area contributed by atoms with Gasteiger partial charge in [-0.2, -0.15) is 13.2 Å². The first-order chi connectivity index (χ1) is 16.3. The van der Waals surface area contributed by atoms with Crippen LogP contribution in [-0.2, 0) is 17.5 Å². The van der Waals surface area contributed by atoms with Crippen molar-refractivity contribution < 1.29 is 22.8 Å². The number of para-hydroxylation sites is 1. The number of H-pyrrole nitrogens is 1. The van der Waals surface area contributed by atoms with Crippen LogP contribution >= 0.6 is 0 Å². The van der Waals surface area contributed by atoms with Gasteiger partial charge in [0, 0.05) is 34.8 Å². The fourth-order valence-corrected chi connectivity index (χ4v) is 3.45. The lowest BCUT2D eigenvalue weighted by Crippen LogP contribution is -2.34. The maximum absolute atomic E-state index is 13.0. The average molecular weight is 463 g/mol. The number of nitrogens with one attached hydrogen (secondary N) is 3. The molecule has 1 aromatic heterocycles. The number of hydrogen-bond donors (Lipinski definition) is 3. The molecule has 0 aliphatic heterocycles. The summed E-state index contributed by atoms with van der Waals surface area (Å²) >= 11 is 0. The number of amides is 2. The Morgan fingerprint density at radius 2 is 1.65 bits per heavy atom. The molecule has 2 amide bonds. The summed E-state index contributed by atoms with van der Waals surface area (Å²) in [6, 6.07) is 20.6. The van der Waals surface area contributed by atoms with Crippen molar-refractivity contribution in [2.75, 3.05) is 0 Å². The van der Waals surface area contributed by atoms with Crippen LogP contribution in [0, 0.1) is 0 Å². The standard InChI is InChI=1S/C26H20F3N3O2/c27-26(28,29)20-10-6-7-17(13-20)15-31-25(34)23(32-24(33)18-8-2-1-3-9-18)14-19-16-30-22-12-5-4-11-21(19)22/h1-14,16,30H,15H2,(H,31,34)(H,32,33)/b23-14-. The highest BCUT2D eigenvalue weighted by atomic mass is 19.4. The van der Waals surface area contributed by atoms with Gasteiger partial charge in [0.05, 0.1) is 5.56 Å². The number of fused-ring (bicyclic) bond motifs is 1. The lowest BCUT2D eigenvalue weighted by molar-refractivity contribution is -0.137. The second kappa shape index (κ2) is 9.66. The molecule has 1 heterocycles. The first-order valence-electron chi connectivity index (χ1n) is 10.4. The van der Waals surface area contributed by atoms with Crippen molar-refractivity contribution in [1.29, 1.82) is 0 Å². The van der Waals surface area contributed by atoms with Gasteiger partial charge in [-0.3, -0.25) is 9.59 Å². The van der Waals surface area contributed by atoms with Crippen molar-refractivity contribution in [1.82, 2.24) is 15.6 Å². The number of carbonyl (C=O) groups is 2. The zero-order chi connectivity index (χ0) is 24.1. The Balaban J connectivity index is 1.60. The molecule has 8 heteroatoms. The van der Waals surface area contributed by atoms with Gasteiger partial charge in [-0.1, -0.05) is 48.5 Å². The largest absolute Gasteiger partial charge is 0.416 e. The van der Waals surface area contributed by atoms with Crippen LogP contribution in [0.3, 0.4) is 0 Å². The number of aromatic amines is 1. The van der Waals surface area contributed by atoms with Gasteiger partial charge in [0.15, 0.2) is 0 Å². The normalized spacial score (nSPS) is 11.9. The Morgan fingerprint density at radius 1 is 0.912 bits per heavy atom. The van der Waals surface area contributed by atoms with Crippen LogP contribution in [-0.4, -0.2) is 16.8 Å². The van der Waals surface area contributed by atoms with E-state index in [1.165, 1.54) is 18.2 Å². The van der Waals surface area contributed by atoms with Gasteiger partial charge in [-0.15, -0.1) is 0 Å². The minimum absolute atomic E-state index is 0.0365. The highest BCUT2D eigenvalue weighted by Gasteiger charge is 2.30. The summed E-state index contributed by atoms with van der Waals surface area (Å²) < 4.78 is 39.0. The summed E-state index contributed by atoms with van der Waals surface area (Å²) in [5.41, 5.74) is 1.33. The van der Waals surface area contributed by atoms with Gasteiger partial charge in [0.25, 0.3) is 11.8 Å². The molecule has 0 aliphatic rings. The molecule has 34 heavy (non-hydrogen) atoms. The monoisotopic (exact) mass is 463 g/mol. The molecular weight excluding hydrogens is 443 g/mol. The molecule has 0 radical (unpaired) electrons. The van der Waals surface area contributed by atoms with E-state index in [0.717, 1.165) is 23.0 Å². The fraction of sp³-hybridized carbons (Fsp3) is 0.0769. The Kier molecular flexibility index (Phi) is 6.49. The minimum atomic E-state index is -4.48. The second-order valence-electron chi connectivity index (χ2n) is 7.55. The molecule has 172 valence electrons. The minimum Gasteiger partial charge on any atom is -0.361 e. The summed E-state index contributed by atoms with van der Waals surface area (Å²) in [5.74, 6) is -1.12. The van der Waals surface area contributed by atoms with Gasteiger partial charge >= 0.3 is 6.18 Å². The first-order valence-corrected chi connectivity index (χ1v) is 10.4. The maximum Gasteiger partial charge on any atom is 0.416 e. The molecule has 0 atom stereocenters. The molecule has 0 saturated carbocycles. The third-order valence-corrected chi connectivity index (χ3v) is 5.16. The van der Waals surface area contributed by atoms with Gasteiger partial charge in [0.1, 0.15) is 5.70 Å². The lowest BCUT2D eigenvalue weighted by Gasteiger charge is -2.12. The van der Waals surface area contributed by atoms with Crippen molar-refractivity contribution in [3.63, 3.8) is 0 Å². The van der Waals surface area contributed by atoms with E-state index in [2.05, 4.69) is 15.6 Å². The zero-order valence-electron chi connectivity index (χ0n) is 17.8. The predicted molar refractivity (Wildman–Crippen MR) is 123 cm³/mol. The number of benzene rings is 3. The molecule has 3 aromatic carbocycles.